The number of hydrogen-bond donors (Lipinski definition) is 0. The van der Waals surface area contributed by atoms with Crippen molar-refractivity contribution >= 4 is 32.1 Å². The number of fused-ring (bicyclic) bond motifs is 1. The van der Waals surface area contributed by atoms with Crippen molar-refractivity contribution in [1.29, 1.82) is 0 Å². The number of rotatable bonds is 0. The molecular formula is C6H2S2. The van der Waals surface area contributed by atoms with Crippen molar-refractivity contribution in [2.45, 2.75) is 0 Å². The Labute approximate surface area is 55.4 Å². The van der Waals surface area contributed by atoms with E-state index in [4.69, 9.17) is 0 Å². The second kappa shape index (κ2) is 1.57. The lowest BCUT2D eigenvalue weighted by Gasteiger charge is -1.63. The van der Waals surface area contributed by atoms with E-state index in [1.165, 1.54) is 9.40 Å². The third kappa shape index (κ3) is 0.501. The van der Waals surface area contributed by atoms with E-state index >= 15 is 0 Å². The van der Waals surface area contributed by atoms with Crippen molar-refractivity contribution in [3.63, 3.8) is 0 Å². The van der Waals surface area contributed by atoms with E-state index in [-0.39, 0.29) is 0 Å². The smallest absolute Gasteiger partial charge is 0.0536 e. The van der Waals surface area contributed by atoms with Gasteiger partial charge in [0.05, 0.1) is 4.70 Å². The van der Waals surface area contributed by atoms with E-state index in [0.29, 0.717) is 0 Å². The molecule has 0 aliphatic heterocycles. The topological polar surface area (TPSA) is 0 Å². The van der Waals surface area contributed by atoms with E-state index < -0.39 is 0 Å². The molecule has 2 aromatic heterocycles. The Hall–Kier alpha value is -0.340. The molecule has 0 N–H and O–H groups in total. The van der Waals surface area contributed by atoms with Gasteiger partial charge in [-0.1, -0.05) is 0 Å². The second-order valence-corrected chi connectivity index (χ2v) is 3.20. The normalized spacial score (nSPS) is 10.5. The average molecular weight is 138 g/mol. The van der Waals surface area contributed by atoms with Gasteiger partial charge in [-0.15, -0.1) is 22.7 Å². The van der Waals surface area contributed by atoms with Gasteiger partial charge in [-0.05, 0) is 6.07 Å². The van der Waals surface area contributed by atoms with Crippen molar-refractivity contribution in [2.75, 3.05) is 0 Å². The number of hydrogen-bond acceptors (Lipinski definition) is 2. The molecule has 0 fully saturated rings. The highest BCUT2D eigenvalue weighted by atomic mass is 32.1. The first kappa shape index (κ1) is 4.53. The zero-order valence-corrected chi connectivity index (χ0v) is 5.60. The fourth-order valence-electron chi connectivity index (χ4n) is 0.592. The second-order valence-electron chi connectivity index (χ2n) is 1.44. The van der Waals surface area contributed by atoms with Crippen molar-refractivity contribution < 1.29 is 0 Å². The van der Waals surface area contributed by atoms with Crippen LogP contribution < -0.4 is 0 Å². The van der Waals surface area contributed by atoms with E-state index in [1.54, 1.807) is 22.7 Å². The lowest BCUT2D eigenvalue weighted by atomic mass is 10.5. The Balaban J connectivity index is 3.06. The predicted octanol–water partition coefficient (Wildman–Crippen LogP) is 2.56. The van der Waals surface area contributed by atoms with Crippen LogP contribution in [0.4, 0.5) is 0 Å². The van der Waals surface area contributed by atoms with Crippen molar-refractivity contribution in [1.82, 2.24) is 0 Å². The molecule has 0 aromatic carbocycles. The van der Waals surface area contributed by atoms with Gasteiger partial charge in [-0.3, -0.25) is 0 Å². The van der Waals surface area contributed by atoms with Crippen LogP contribution in [0.3, 0.4) is 0 Å². The molecule has 38 valence electrons. The molecule has 2 heterocycles. The van der Waals surface area contributed by atoms with E-state index in [1.807, 2.05) is 11.4 Å². The van der Waals surface area contributed by atoms with Crippen molar-refractivity contribution in [3.05, 3.63) is 22.9 Å². The van der Waals surface area contributed by atoms with Crippen LogP contribution >= 0.6 is 22.7 Å². The lowest BCUT2D eigenvalue weighted by Crippen LogP contribution is -1.34. The Kier molecular flexibility index (Phi) is 0.889. The van der Waals surface area contributed by atoms with Gasteiger partial charge in [-0.25, -0.2) is 0 Å². The third-order valence-corrected chi connectivity index (χ3v) is 2.67. The van der Waals surface area contributed by atoms with Crippen molar-refractivity contribution in [3.8, 4) is 0 Å². The fraction of sp³-hybridized carbons (Fsp3) is 0. The minimum atomic E-state index is 1.23. The Morgan fingerprint density at radius 3 is 3.38 bits per heavy atom. The zero-order chi connectivity index (χ0) is 5.40. The minimum Gasteiger partial charge on any atom is -0.142 e. The standard InChI is InChI=1S/C6H2S2/c1-3-7-6-2-4-8-5(1)6/h1,4H. The molecule has 0 bridgehead atoms. The third-order valence-electron chi connectivity index (χ3n) is 0.951. The summed E-state index contributed by atoms with van der Waals surface area (Å²) in [5.41, 5.74) is 0. The SMILES string of the molecule is [c]1cc2sc[c]c2s1. The van der Waals surface area contributed by atoms with Crippen LogP contribution in [0.15, 0.2) is 11.4 Å². The molecule has 2 rings (SSSR count). The first-order valence-electron chi connectivity index (χ1n) is 2.21. The van der Waals surface area contributed by atoms with Gasteiger partial charge in [0, 0.05) is 21.5 Å². The molecule has 2 aromatic rings. The summed E-state index contributed by atoms with van der Waals surface area (Å²) >= 11 is 3.34. The maximum absolute atomic E-state index is 3.11. The summed E-state index contributed by atoms with van der Waals surface area (Å²) in [7, 11) is 0. The van der Waals surface area contributed by atoms with E-state index in [0.717, 1.165) is 0 Å². The van der Waals surface area contributed by atoms with Crippen LogP contribution in [0.1, 0.15) is 0 Å². The molecule has 0 saturated heterocycles. The Morgan fingerprint density at radius 1 is 1.50 bits per heavy atom. The molecule has 0 spiro atoms. The minimum absolute atomic E-state index is 1.23. The summed E-state index contributed by atoms with van der Waals surface area (Å²) in [6, 6.07) is 5.11. The average Bonchev–Trinajstić information content (AvgIpc) is 2.15. The molecule has 8 heavy (non-hydrogen) atoms. The highest BCUT2D eigenvalue weighted by Crippen LogP contribution is 2.23. The molecule has 0 atom stereocenters. The van der Waals surface area contributed by atoms with Crippen LogP contribution in [-0.4, -0.2) is 0 Å². The summed E-state index contributed by atoms with van der Waals surface area (Å²) in [5, 5.41) is 5.02. The largest absolute Gasteiger partial charge is 0.142 e. The molecule has 0 amide bonds. The number of thiophene rings is 2. The summed E-state index contributed by atoms with van der Waals surface area (Å²) < 4.78 is 2.53. The molecule has 2 radical (unpaired) electrons. The van der Waals surface area contributed by atoms with Crippen LogP contribution in [0.25, 0.3) is 9.40 Å². The highest BCUT2D eigenvalue weighted by molar-refractivity contribution is 7.25. The molecule has 0 nitrogen and oxygen atoms in total. The van der Waals surface area contributed by atoms with Gasteiger partial charge in [-0.2, -0.15) is 0 Å². The van der Waals surface area contributed by atoms with Crippen LogP contribution in [0.2, 0.25) is 0 Å². The molecule has 0 aliphatic carbocycles. The van der Waals surface area contributed by atoms with Gasteiger partial charge < -0.3 is 0 Å². The Bertz CT molecular complexity index is 228. The van der Waals surface area contributed by atoms with Gasteiger partial charge in [0.1, 0.15) is 0 Å². The zero-order valence-electron chi connectivity index (χ0n) is 3.97. The summed E-state index contributed by atoms with van der Waals surface area (Å²) in [6.07, 6.45) is 0. The van der Waals surface area contributed by atoms with Crippen molar-refractivity contribution in [2.24, 2.45) is 0 Å². The lowest BCUT2D eigenvalue weighted by molar-refractivity contribution is 2.19. The monoisotopic (exact) mass is 138 g/mol. The molecular weight excluding hydrogens is 136 g/mol. The summed E-state index contributed by atoms with van der Waals surface area (Å²) in [4.78, 5) is 0. The first-order chi connectivity index (χ1) is 3.97. The molecule has 0 saturated carbocycles. The fourth-order valence-corrected chi connectivity index (χ4v) is 2.18. The first-order valence-corrected chi connectivity index (χ1v) is 3.91. The van der Waals surface area contributed by atoms with E-state index in [2.05, 4.69) is 11.4 Å². The maximum Gasteiger partial charge on any atom is 0.0536 e. The summed E-state index contributed by atoms with van der Waals surface area (Å²) in [6.45, 7) is 0. The van der Waals surface area contributed by atoms with Crippen LogP contribution in [-0.2, 0) is 0 Å². The summed E-state index contributed by atoms with van der Waals surface area (Å²) in [5.74, 6) is 0. The van der Waals surface area contributed by atoms with Gasteiger partial charge in [0.15, 0.2) is 0 Å². The Morgan fingerprint density at radius 2 is 2.50 bits per heavy atom. The van der Waals surface area contributed by atoms with Gasteiger partial charge >= 0.3 is 0 Å². The van der Waals surface area contributed by atoms with Crippen LogP contribution in [0.5, 0.6) is 0 Å². The van der Waals surface area contributed by atoms with Gasteiger partial charge in [0.2, 0.25) is 0 Å². The van der Waals surface area contributed by atoms with Gasteiger partial charge in [0.25, 0.3) is 0 Å². The molecule has 0 aliphatic rings. The predicted molar refractivity (Wildman–Crippen MR) is 37.4 cm³/mol. The molecule has 2 heteroatoms. The quantitative estimate of drug-likeness (QED) is 0.525. The molecule has 0 unspecified atom stereocenters. The highest BCUT2D eigenvalue weighted by Gasteiger charge is 1.92. The van der Waals surface area contributed by atoms with E-state index in [9.17, 15) is 0 Å². The van der Waals surface area contributed by atoms with Crippen LogP contribution in [0, 0.1) is 11.4 Å². The maximum atomic E-state index is 3.11.